The van der Waals surface area contributed by atoms with E-state index in [1.807, 2.05) is 0 Å². The maximum atomic E-state index is 6.80. The maximum absolute atomic E-state index is 6.80. The SMILES string of the molecule is c1ccc2c(-c3ccc4oc5ccc(-c6cccc7ccccc67)c6cccc(c7cccc3c47)c56)cccc2c1. The minimum absolute atomic E-state index is 0.898. The van der Waals surface area contributed by atoms with Gasteiger partial charge in [-0.05, 0) is 77.5 Å². The Balaban J connectivity index is 1.41. The lowest BCUT2D eigenvalue weighted by atomic mass is 9.90. The summed E-state index contributed by atoms with van der Waals surface area (Å²) < 4.78 is 6.80. The lowest BCUT2D eigenvalue weighted by Gasteiger charge is -2.12. The fourth-order valence-corrected chi connectivity index (χ4v) is 6.88. The highest BCUT2D eigenvalue weighted by atomic mass is 16.3. The second-order valence-electron chi connectivity index (χ2n) is 10.8. The second kappa shape index (κ2) is 8.55. The summed E-state index contributed by atoms with van der Waals surface area (Å²) in [6.07, 6.45) is 0. The van der Waals surface area contributed by atoms with Crippen molar-refractivity contribution in [3.05, 3.63) is 146 Å². The molecule has 0 atom stereocenters. The Labute approximate surface area is 236 Å². The molecule has 0 aliphatic rings. The fourth-order valence-electron chi connectivity index (χ4n) is 6.88. The Bertz CT molecular complexity index is 2290. The van der Waals surface area contributed by atoms with Crippen LogP contribution in [0.5, 0.6) is 0 Å². The van der Waals surface area contributed by atoms with E-state index in [2.05, 4.69) is 146 Å². The van der Waals surface area contributed by atoms with Crippen LogP contribution in [-0.2, 0) is 0 Å². The van der Waals surface area contributed by atoms with E-state index in [0.29, 0.717) is 0 Å². The van der Waals surface area contributed by atoms with E-state index in [9.17, 15) is 0 Å². The van der Waals surface area contributed by atoms with E-state index in [1.165, 1.54) is 65.3 Å². The highest BCUT2D eigenvalue weighted by Gasteiger charge is 2.17. The van der Waals surface area contributed by atoms with Gasteiger partial charge in [0.25, 0.3) is 0 Å². The molecule has 1 heterocycles. The summed E-state index contributed by atoms with van der Waals surface area (Å²) in [5, 5.41) is 12.2. The molecule has 1 heteroatoms. The topological polar surface area (TPSA) is 13.1 Å². The smallest absolute Gasteiger partial charge is 0.135 e. The second-order valence-corrected chi connectivity index (χ2v) is 10.8. The summed E-state index contributed by atoms with van der Waals surface area (Å²) in [6.45, 7) is 0. The molecule has 0 aliphatic carbocycles. The van der Waals surface area contributed by atoms with Gasteiger partial charge in [-0.1, -0.05) is 133 Å². The molecule has 0 saturated heterocycles. The number of benzene rings is 8. The molecular weight excluding hydrogens is 496 g/mol. The Morgan fingerprint density at radius 3 is 1.15 bits per heavy atom. The van der Waals surface area contributed by atoms with Gasteiger partial charge in [0.05, 0.1) is 0 Å². The summed E-state index contributed by atoms with van der Waals surface area (Å²) >= 11 is 0. The van der Waals surface area contributed by atoms with E-state index < -0.39 is 0 Å². The van der Waals surface area contributed by atoms with Crippen LogP contribution in [0.2, 0.25) is 0 Å². The Morgan fingerprint density at radius 2 is 0.634 bits per heavy atom. The first-order chi connectivity index (χ1) is 20.3. The standard InChI is InChI=1S/C40H24O/c1-3-13-27-25(9-1)11-5-15-29(27)31-21-23-37-39-33(31)17-7-19-35(39)36-20-8-18-34-32(22-24-38(41-37)40(34)36)30-16-6-12-26-10-2-4-14-28(26)30/h1-24H. The lowest BCUT2D eigenvalue weighted by Crippen LogP contribution is -1.86. The van der Waals surface area contributed by atoms with Crippen molar-refractivity contribution in [3.63, 3.8) is 0 Å². The quantitative estimate of drug-likeness (QED) is 0.221. The van der Waals surface area contributed by atoms with Gasteiger partial charge in [0.2, 0.25) is 0 Å². The minimum atomic E-state index is 0.898. The first-order valence-electron chi connectivity index (χ1n) is 14.1. The number of hydrogen-bond donors (Lipinski definition) is 0. The van der Waals surface area contributed by atoms with Gasteiger partial charge in [0.1, 0.15) is 11.2 Å². The van der Waals surface area contributed by atoms with Crippen molar-refractivity contribution in [2.24, 2.45) is 0 Å². The first kappa shape index (κ1) is 22.4. The average Bonchev–Trinajstić information content (AvgIpc) is 3.18. The van der Waals surface area contributed by atoms with Crippen molar-refractivity contribution < 1.29 is 4.42 Å². The third kappa shape index (κ3) is 3.24. The largest absolute Gasteiger partial charge is 0.456 e. The predicted octanol–water partition coefficient (Wildman–Crippen LogP) is 11.5. The predicted molar refractivity (Wildman–Crippen MR) is 175 cm³/mol. The van der Waals surface area contributed by atoms with Crippen LogP contribution in [0.3, 0.4) is 0 Å². The molecule has 190 valence electrons. The third-order valence-electron chi connectivity index (χ3n) is 8.67. The normalized spacial score (nSPS) is 11.9. The molecule has 0 radical (unpaired) electrons. The van der Waals surface area contributed by atoms with Gasteiger partial charge in [-0.2, -0.15) is 0 Å². The van der Waals surface area contributed by atoms with E-state index in [4.69, 9.17) is 4.42 Å². The summed E-state index contributed by atoms with van der Waals surface area (Å²) in [6, 6.07) is 52.5. The zero-order valence-corrected chi connectivity index (χ0v) is 22.3. The van der Waals surface area contributed by atoms with Gasteiger partial charge in [-0.25, -0.2) is 0 Å². The Kier molecular flexibility index (Phi) is 4.67. The van der Waals surface area contributed by atoms with Crippen molar-refractivity contribution in [1.82, 2.24) is 0 Å². The molecule has 0 saturated carbocycles. The number of rotatable bonds is 2. The van der Waals surface area contributed by atoms with Crippen molar-refractivity contribution in [2.45, 2.75) is 0 Å². The van der Waals surface area contributed by atoms with Crippen molar-refractivity contribution in [3.8, 4) is 22.3 Å². The van der Waals surface area contributed by atoms with Crippen LogP contribution in [0.1, 0.15) is 0 Å². The highest BCUT2D eigenvalue weighted by Crippen LogP contribution is 2.43. The van der Waals surface area contributed by atoms with Crippen molar-refractivity contribution in [1.29, 1.82) is 0 Å². The van der Waals surface area contributed by atoms with Gasteiger partial charge in [0, 0.05) is 10.8 Å². The molecule has 1 nitrogen and oxygen atoms in total. The van der Waals surface area contributed by atoms with Gasteiger partial charge in [-0.3, -0.25) is 0 Å². The van der Waals surface area contributed by atoms with Crippen molar-refractivity contribution in [2.75, 3.05) is 0 Å². The van der Waals surface area contributed by atoms with E-state index in [-0.39, 0.29) is 0 Å². The Morgan fingerprint density at radius 1 is 0.268 bits per heavy atom. The lowest BCUT2D eigenvalue weighted by molar-refractivity contribution is 0.664. The summed E-state index contributed by atoms with van der Waals surface area (Å²) in [4.78, 5) is 0. The van der Waals surface area contributed by atoms with Gasteiger partial charge >= 0.3 is 0 Å². The van der Waals surface area contributed by atoms with Crippen LogP contribution < -0.4 is 0 Å². The minimum Gasteiger partial charge on any atom is -0.456 e. The summed E-state index contributed by atoms with van der Waals surface area (Å²) in [7, 11) is 0. The summed E-state index contributed by atoms with van der Waals surface area (Å²) in [5.41, 5.74) is 6.72. The molecule has 0 spiro atoms. The molecule has 9 aromatic rings. The zero-order valence-electron chi connectivity index (χ0n) is 22.3. The molecule has 8 aromatic carbocycles. The molecule has 41 heavy (non-hydrogen) atoms. The molecule has 0 bridgehead atoms. The third-order valence-corrected chi connectivity index (χ3v) is 8.67. The monoisotopic (exact) mass is 520 g/mol. The van der Waals surface area contributed by atoms with Crippen LogP contribution in [-0.4, -0.2) is 0 Å². The van der Waals surface area contributed by atoms with Crippen LogP contribution in [0.25, 0.3) is 87.3 Å². The zero-order chi connectivity index (χ0) is 26.9. The summed E-state index contributed by atoms with van der Waals surface area (Å²) in [5.74, 6) is 0. The average molecular weight is 521 g/mol. The number of hydrogen-bond acceptors (Lipinski definition) is 1. The highest BCUT2D eigenvalue weighted by molar-refractivity contribution is 6.27. The molecule has 0 aliphatic heterocycles. The van der Waals surface area contributed by atoms with Gasteiger partial charge < -0.3 is 4.42 Å². The maximum Gasteiger partial charge on any atom is 0.135 e. The molecule has 9 rings (SSSR count). The van der Waals surface area contributed by atoms with Crippen LogP contribution in [0.15, 0.2) is 150 Å². The van der Waals surface area contributed by atoms with Crippen molar-refractivity contribution >= 4 is 65.0 Å². The molecule has 0 amide bonds. The number of fused-ring (bicyclic) bond motifs is 3. The van der Waals surface area contributed by atoms with Crippen LogP contribution in [0.4, 0.5) is 0 Å². The van der Waals surface area contributed by atoms with E-state index >= 15 is 0 Å². The molecule has 0 N–H and O–H groups in total. The van der Waals surface area contributed by atoms with Gasteiger partial charge in [-0.15, -0.1) is 0 Å². The van der Waals surface area contributed by atoms with Crippen LogP contribution in [0, 0.1) is 0 Å². The Hall–Kier alpha value is -5.40. The fraction of sp³-hybridized carbons (Fsp3) is 0. The van der Waals surface area contributed by atoms with E-state index in [1.54, 1.807) is 0 Å². The molecule has 1 aromatic heterocycles. The molecule has 0 fully saturated rings. The molecular formula is C40H24O. The van der Waals surface area contributed by atoms with Crippen LogP contribution >= 0.6 is 0 Å². The molecule has 0 unspecified atom stereocenters. The van der Waals surface area contributed by atoms with E-state index in [0.717, 1.165) is 21.9 Å². The first-order valence-corrected chi connectivity index (χ1v) is 14.1. The van der Waals surface area contributed by atoms with Gasteiger partial charge in [0.15, 0.2) is 0 Å².